The average Bonchev–Trinajstić information content (AvgIpc) is 2.89. The van der Waals surface area contributed by atoms with Crippen LogP contribution in [-0.4, -0.2) is 66.3 Å². The van der Waals surface area contributed by atoms with E-state index in [2.05, 4.69) is 4.90 Å². The molecule has 25 heavy (non-hydrogen) atoms. The van der Waals surface area contributed by atoms with Crippen LogP contribution >= 0.6 is 0 Å². The molecular weight excluding hydrogens is 320 g/mol. The van der Waals surface area contributed by atoms with E-state index in [4.69, 9.17) is 4.74 Å². The number of rotatable bonds is 0. The maximum absolute atomic E-state index is 12.8. The summed E-state index contributed by atoms with van der Waals surface area (Å²) in [5.41, 5.74) is -0.120. The Kier molecular flexibility index (Phi) is 4.34. The van der Waals surface area contributed by atoms with Crippen LogP contribution in [-0.2, 0) is 14.3 Å². The maximum atomic E-state index is 12.8. The van der Waals surface area contributed by atoms with Crippen molar-refractivity contribution in [3.63, 3.8) is 0 Å². The summed E-state index contributed by atoms with van der Waals surface area (Å²) in [6.45, 7) is 2.18. The molecule has 0 bridgehead atoms. The first-order valence-corrected chi connectivity index (χ1v) is 9.68. The first-order chi connectivity index (χ1) is 12.0. The van der Waals surface area contributed by atoms with E-state index in [-0.39, 0.29) is 23.6 Å². The third-order valence-corrected chi connectivity index (χ3v) is 7.12. The van der Waals surface area contributed by atoms with Crippen molar-refractivity contribution in [1.82, 2.24) is 9.80 Å². The second-order valence-corrected chi connectivity index (χ2v) is 8.31. The molecule has 0 radical (unpaired) electrons. The Bertz CT molecular complexity index is 592. The molecule has 0 N–H and O–H groups in total. The van der Waals surface area contributed by atoms with Gasteiger partial charge in [-0.1, -0.05) is 6.42 Å². The number of piperidine rings is 1. The number of ether oxygens (including phenoxy) is 1. The van der Waals surface area contributed by atoms with Gasteiger partial charge in [0.25, 0.3) is 0 Å². The molecule has 3 heterocycles. The van der Waals surface area contributed by atoms with Crippen molar-refractivity contribution in [1.29, 1.82) is 0 Å². The quantitative estimate of drug-likeness (QED) is 0.670. The maximum Gasteiger partial charge on any atom is 0.409 e. The lowest BCUT2D eigenvalue weighted by atomic mass is 9.59. The number of ketones is 2. The number of amides is 1. The summed E-state index contributed by atoms with van der Waals surface area (Å²) >= 11 is 0. The Labute approximate surface area is 148 Å². The summed E-state index contributed by atoms with van der Waals surface area (Å²) in [7, 11) is 1.42. The van der Waals surface area contributed by atoms with Gasteiger partial charge in [-0.05, 0) is 38.1 Å². The molecule has 3 aliphatic heterocycles. The molecule has 4 atom stereocenters. The lowest BCUT2D eigenvalue weighted by molar-refractivity contribution is -0.131. The Balaban J connectivity index is 1.69. The number of carbonyl (C=O) groups is 3. The van der Waals surface area contributed by atoms with Gasteiger partial charge >= 0.3 is 6.09 Å². The highest BCUT2D eigenvalue weighted by Crippen LogP contribution is 2.55. The van der Waals surface area contributed by atoms with Crippen LogP contribution in [0.4, 0.5) is 4.79 Å². The number of carbonyl (C=O) groups excluding carboxylic acids is 3. The van der Waals surface area contributed by atoms with Crippen molar-refractivity contribution >= 4 is 17.7 Å². The number of fused-ring (bicyclic) bond motifs is 2. The van der Waals surface area contributed by atoms with Crippen LogP contribution in [0.25, 0.3) is 0 Å². The largest absolute Gasteiger partial charge is 0.453 e. The molecule has 3 saturated heterocycles. The van der Waals surface area contributed by atoms with E-state index in [9.17, 15) is 14.4 Å². The van der Waals surface area contributed by atoms with Crippen molar-refractivity contribution < 1.29 is 19.1 Å². The standard InChI is InChI=1S/C19H28N2O4/c1-25-18(24)20-8-6-13-9-14(22)10-17-19(13,12-20)11-15-16(23)5-3-2-4-7-21(15)17/h13,15,17H,2-12H2,1H3/t13-,15+,17-,19-/m0/s1. The normalized spacial score (nSPS) is 39.1. The first-order valence-electron chi connectivity index (χ1n) is 9.68. The lowest BCUT2D eigenvalue weighted by Crippen LogP contribution is -2.59. The van der Waals surface area contributed by atoms with Gasteiger partial charge in [0.15, 0.2) is 0 Å². The van der Waals surface area contributed by atoms with Gasteiger partial charge in [-0.25, -0.2) is 4.79 Å². The van der Waals surface area contributed by atoms with Crippen LogP contribution in [0, 0.1) is 11.3 Å². The topological polar surface area (TPSA) is 66.9 Å². The Morgan fingerprint density at radius 2 is 2.00 bits per heavy atom. The number of methoxy groups -OCH3 is 1. The molecular formula is C19H28N2O4. The van der Waals surface area contributed by atoms with Crippen LogP contribution in [0.2, 0.25) is 0 Å². The minimum atomic E-state index is -0.283. The van der Waals surface area contributed by atoms with E-state index in [0.29, 0.717) is 49.8 Å². The van der Waals surface area contributed by atoms with Gasteiger partial charge in [-0.15, -0.1) is 0 Å². The van der Waals surface area contributed by atoms with Gasteiger partial charge in [0.05, 0.1) is 13.2 Å². The average molecular weight is 348 g/mol. The molecule has 0 aromatic carbocycles. The number of likely N-dealkylation sites (tertiary alicyclic amines) is 1. The highest BCUT2D eigenvalue weighted by Gasteiger charge is 2.61. The second kappa shape index (κ2) is 6.38. The summed E-state index contributed by atoms with van der Waals surface area (Å²) in [4.78, 5) is 41.5. The molecule has 4 aliphatic rings. The zero-order valence-electron chi connectivity index (χ0n) is 15.0. The highest BCUT2D eigenvalue weighted by atomic mass is 16.5. The molecule has 0 aromatic heterocycles. The first kappa shape index (κ1) is 17.0. The molecule has 0 unspecified atom stereocenters. The second-order valence-electron chi connectivity index (χ2n) is 8.31. The minimum absolute atomic E-state index is 0.0590. The summed E-state index contributed by atoms with van der Waals surface area (Å²) in [5, 5.41) is 0. The summed E-state index contributed by atoms with van der Waals surface area (Å²) < 4.78 is 4.96. The fourth-order valence-electron chi connectivity index (χ4n) is 5.96. The van der Waals surface area contributed by atoms with Gasteiger partial charge in [0.2, 0.25) is 0 Å². The third kappa shape index (κ3) is 2.69. The number of nitrogens with zero attached hydrogens (tertiary/aromatic N) is 2. The van der Waals surface area contributed by atoms with E-state index in [1.54, 1.807) is 4.90 Å². The Morgan fingerprint density at radius 3 is 2.80 bits per heavy atom. The Hall–Kier alpha value is -1.43. The van der Waals surface area contributed by atoms with Crippen LogP contribution in [0.1, 0.15) is 51.4 Å². The molecule has 4 rings (SSSR count). The molecule has 1 aliphatic carbocycles. The van der Waals surface area contributed by atoms with E-state index in [1.807, 2.05) is 0 Å². The monoisotopic (exact) mass is 348 g/mol. The van der Waals surface area contributed by atoms with Crippen LogP contribution in [0.15, 0.2) is 0 Å². The van der Waals surface area contributed by atoms with Crippen molar-refractivity contribution in [2.45, 2.75) is 63.5 Å². The number of Topliss-reactive ketones (excluding diaryl/α,β-unsaturated/α-hetero) is 2. The van der Waals surface area contributed by atoms with Gasteiger partial charge in [-0.3, -0.25) is 14.5 Å². The molecule has 1 saturated carbocycles. The van der Waals surface area contributed by atoms with Crippen LogP contribution in [0.5, 0.6) is 0 Å². The fraction of sp³-hybridized carbons (Fsp3) is 0.842. The minimum Gasteiger partial charge on any atom is -0.453 e. The molecule has 1 spiro atoms. The molecule has 1 amide bonds. The smallest absolute Gasteiger partial charge is 0.409 e. The van der Waals surface area contributed by atoms with Gasteiger partial charge in [0.1, 0.15) is 11.6 Å². The Morgan fingerprint density at radius 1 is 1.16 bits per heavy atom. The van der Waals surface area contributed by atoms with Crippen molar-refractivity contribution in [2.75, 3.05) is 26.7 Å². The van der Waals surface area contributed by atoms with E-state index >= 15 is 0 Å². The summed E-state index contributed by atoms with van der Waals surface area (Å²) in [6.07, 6.45) is 6.33. The van der Waals surface area contributed by atoms with Crippen molar-refractivity contribution in [3.05, 3.63) is 0 Å². The summed E-state index contributed by atoms with van der Waals surface area (Å²) in [6, 6.07) is 0.0505. The van der Waals surface area contributed by atoms with Crippen LogP contribution < -0.4 is 0 Å². The summed E-state index contributed by atoms with van der Waals surface area (Å²) in [5.74, 6) is 0.956. The predicted molar refractivity (Wildman–Crippen MR) is 91.1 cm³/mol. The SMILES string of the molecule is COC(=O)N1CC[C@H]2CC(=O)C[C@@H]3N4CCCCCC(=O)[C@H]4C[C@]23C1. The number of hydrogen-bond acceptors (Lipinski definition) is 5. The molecule has 6 nitrogen and oxygen atoms in total. The molecule has 138 valence electrons. The molecule has 6 heteroatoms. The third-order valence-electron chi connectivity index (χ3n) is 7.12. The van der Waals surface area contributed by atoms with Crippen LogP contribution in [0.3, 0.4) is 0 Å². The highest BCUT2D eigenvalue weighted by molar-refractivity contribution is 5.86. The molecule has 0 aromatic rings. The fourth-order valence-corrected chi connectivity index (χ4v) is 5.96. The lowest BCUT2D eigenvalue weighted by Gasteiger charge is -2.52. The van der Waals surface area contributed by atoms with Gasteiger partial charge in [-0.2, -0.15) is 0 Å². The zero-order valence-corrected chi connectivity index (χ0v) is 15.0. The van der Waals surface area contributed by atoms with Crippen molar-refractivity contribution in [2.24, 2.45) is 11.3 Å². The molecule has 4 fully saturated rings. The number of hydrogen-bond donors (Lipinski definition) is 0. The van der Waals surface area contributed by atoms with E-state index in [0.717, 1.165) is 38.6 Å². The zero-order chi connectivity index (χ0) is 17.6. The van der Waals surface area contributed by atoms with E-state index < -0.39 is 0 Å². The van der Waals surface area contributed by atoms with Gasteiger partial charge in [0, 0.05) is 43.8 Å². The van der Waals surface area contributed by atoms with E-state index in [1.165, 1.54) is 7.11 Å². The van der Waals surface area contributed by atoms with Gasteiger partial charge < -0.3 is 9.64 Å². The van der Waals surface area contributed by atoms with Crippen molar-refractivity contribution in [3.8, 4) is 0 Å². The predicted octanol–water partition coefficient (Wildman–Crippen LogP) is 2.01.